The van der Waals surface area contributed by atoms with Crippen LogP contribution < -0.4 is 0 Å². The van der Waals surface area contributed by atoms with Gasteiger partial charge in [0.05, 0.1) is 13.2 Å². The number of hydrogen-bond acceptors (Lipinski definition) is 3. The van der Waals surface area contributed by atoms with Gasteiger partial charge in [-0.1, -0.05) is 43.7 Å². The van der Waals surface area contributed by atoms with Crippen LogP contribution in [0.15, 0.2) is 59.3 Å². The second-order valence-corrected chi connectivity index (χ2v) is 7.16. The lowest BCUT2D eigenvalue weighted by molar-refractivity contribution is -0.112. The van der Waals surface area contributed by atoms with Crippen molar-refractivity contribution in [3.8, 4) is 0 Å². The predicted octanol–water partition coefficient (Wildman–Crippen LogP) is 6.08. The Bertz CT molecular complexity index is 657. The monoisotopic (exact) mass is 372 g/mol. The zero-order chi connectivity index (χ0) is 20.2. The van der Waals surface area contributed by atoms with E-state index in [0.29, 0.717) is 5.57 Å². The molecular formula is C24H36O3. The molecule has 0 aromatic heterocycles. The first-order chi connectivity index (χ1) is 12.9. The Balaban J connectivity index is 0.000000765. The van der Waals surface area contributed by atoms with Gasteiger partial charge in [-0.15, -0.1) is 0 Å². The van der Waals surface area contributed by atoms with Gasteiger partial charge in [-0.3, -0.25) is 9.59 Å². The van der Waals surface area contributed by atoms with Crippen LogP contribution in [-0.2, 0) is 14.3 Å². The predicted molar refractivity (Wildman–Crippen MR) is 115 cm³/mol. The van der Waals surface area contributed by atoms with E-state index in [2.05, 4.69) is 20.1 Å². The quantitative estimate of drug-likeness (QED) is 0.434. The van der Waals surface area contributed by atoms with Crippen molar-refractivity contribution in [2.45, 2.75) is 65.7 Å². The molecule has 0 atom stereocenters. The van der Waals surface area contributed by atoms with Crippen molar-refractivity contribution in [2.24, 2.45) is 0 Å². The average Bonchev–Trinajstić information content (AvgIpc) is 2.81. The van der Waals surface area contributed by atoms with E-state index in [1.165, 1.54) is 12.5 Å². The van der Waals surface area contributed by atoms with Crippen molar-refractivity contribution in [2.75, 3.05) is 13.2 Å². The first-order valence-corrected chi connectivity index (χ1v) is 9.92. The maximum absolute atomic E-state index is 12.3. The SMILES string of the molecule is C=C(CCCC)/C(C)=C1/C(=O)C=CCC/C1=C/C(C)=O.C=C1CCOCC1.[HH]. The number of unbranched alkanes of at least 4 members (excludes halogenated alkanes) is 1. The van der Waals surface area contributed by atoms with Crippen LogP contribution >= 0.6 is 0 Å². The summed E-state index contributed by atoms with van der Waals surface area (Å²) in [5.41, 5.74) is 4.80. The molecule has 0 aromatic carbocycles. The van der Waals surface area contributed by atoms with Crippen molar-refractivity contribution >= 4 is 11.6 Å². The van der Waals surface area contributed by atoms with E-state index in [0.717, 1.165) is 74.9 Å². The molecule has 3 nitrogen and oxygen atoms in total. The van der Waals surface area contributed by atoms with E-state index < -0.39 is 0 Å². The van der Waals surface area contributed by atoms with Crippen molar-refractivity contribution in [1.82, 2.24) is 0 Å². The van der Waals surface area contributed by atoms with E-state index in [-0.39, 0.29) is 13.0 Å². The molecule has 0 spiro atoms. The van der Waals surface area contributed by atoms with Crippen LogP contribution in [-0.4, -0.2) is 24.8 Å². The van der Waals surface area contributed by atoms with E-state index in [4.69, 9.17) is 4.74 Å². The molecule has 1 aliphatic heterocycles. The fourth-order valence-corrected chi connectivity index (χ4v) is 3.03. The number of carbonyl (C=O) groups is 2. The third kappa shape index (κ3) is 8.49. The lowest BCUT2D eigenvalue weighted by Gasteiger charge is -2.14. The highest BCUT2D eigenvalue weighted by Crippen LogP contribution is 2.29. The normalized spacial score (nSPS) is 20.6. The maximum Gasteiger partial charge on any atom is 0.186 e. The standard InChI is InChI=1S/C18H24O2.C6H10O.H2/c1-5-6-9-13(2)15(4)18-16(12-14(3)19)10-7-8-11-17(18)20;1-6-2-4-7-5-3-6;/h8,11-12H,2,5-7,9-10H2,1,3-4H3;1-5H2;1H/b16-12-,18-15+;;. The number of ether oxygens (including phenoxy) is 1. The molecule has 150 valence electrons. The second kappa shape index (κ2) is 12.4. The minimum Gasteiger partial charge on any atom is -0.381 e. The molecular weight excluding hydrogens is 336 g/mol. The van der Waals surface area contributed by atoms with Gasteiger partial charge >= 0.3 is 0 Å². The Morgan fingerprint density at radius 2 is 1.93 bits per heavy atom. The maximum atomic E-state index is 12.3. The van der Waals surface area contributed by atoms with Crippen LogP contribution in [0.3, 0.4) is 0 Å². The van der Waals surface area contributed by atoms with Crippen LogP contribution in [0.1, 0.15) is 67.1 Å². The van der Waals surface area contributed by atoms with Crippen molar-refractivity contribution in [3.05, 3.63) is 59.3 Å². The van der Waals surface area contributed by atoms with Crippen molar-refractivity contribution in [1.29, 1.82) is 0 Å². The first-order valence-electron chi connectivity index (χ1n) is 9.92. The highest BCUT2D eigenvalue weighted by atomic mass is 16.5. The molecule has 1 fully saturated rings. The first kappa shape index (κ1) is 23.0. The van der Waals surface area contributed by atoms with Crippen LogP contribution in [0, 0.1) is 0 Å². The summed E-state index contributed by atoms with van der Waals surface area (Å²) in [6, 6.07) is 0. The summed E-state index contributed by atoms with van der Waals surface area (Å²) in [6.45, 7) is 15.3. The Hall–Kier alpha value is -2.00. The minimum absolute atomic E-state index is 0. The molecule has 0 amide bonds. The zero-order valence-electron chi connectivity index (χ0n) is 17.2. The second-order valence-electron chi connectivity index (χ2n) is 7.16. The van der Waals surface area contributed by atoms with E-state index in [1.54, 1.807) is 12.2 Å². The molecule has 27 heavy (non-hydrogen) atoms. The summed E-state index contributed by atoms with van der Waals surface area (Å²) in [7, 11) is 0. The molecule has 1 aliphatic carbocycles. The molecule has 0 N–H and O–H groups in total. The minimum atomic E-state index is -0.0147. The van der Waals surface area contributed by atoms with E-state index >= 15 is 0 Å². The van der Waals surface area contributed by atoms with Crippen LogP contribution in [0.25, 0.3) is 0 Å². The largest absolute Gasteiger partial charge is 0.381 e. The van der Waals surface area contributed by atoms with Gasteiger partial charge in [-0.2, -0.15) is 0 Å². The number of ketones is 2. The molecule has 0 bridgehead atoms. The topological polar surface area (TPSA) is 43.4 Å². The van der Waals surface area contributed by atoms with Gasteiger partial charge in [-0.05, 0) is 75.7 Å². The molecule has 3 heteroatoms. The molecule has 2 rings (SSSR count). The Morgan fingerprint density at radius 1 is 1.26 bits per heavy atom. The van der Waals surface area contributed by atoms with Crippen molar-refractivity contribution in [3.63, 3.8) is 0 Å². The number of carbonyl (C=O) groups excluding carboxylic acids is 2. The highest BCUT2D eigenvalue weighted by Gasteiger charge is 2.19. The summed E-state index contributed by atoms with van der Waals surface area (Å²) in [5, 5.41) is 0. The van der Waals surface area contributed by atoms with Crippen LogP contribution in [0.2, 0.25) is 0 Å². The average molecular weight is 373 g/mol. The Morgan fingerprint density at radius 3 is 2.44 bits per heavy atom. The summed E-state index contributed by atoms with van der Waals surface area (Å²) in [5.74, 6) is -0.0238. The Labute approximate surface area is 166 Å². The summed E-state index contributed by atoms with van der Waals surface area (Å²) in [4.78, 5) is 23.7. The molecule has 0 radical (unpaired) electrons. The molecule has 0 saturated carbocycles. The molecule has 0 aromatic rings. The highest BCUT2D eigenvalue weighted by molar-refractivity contribution is 6.09. The van der Waals surface area contributed by atoms with E-state index in [9.17, 15) is 9.59 Å². The van der Waals surface area contributed by atoms with E-state index in [1.807, 2.05) is 13.0 Å². The fraction of sp³-hybridized carbons (Fsp3) is 0.500. The van der Waals surface area contributed by atoms with Gasteiger partial charge in [0.2, 0.25) is 0 Å². The third-order valence-corrected chi connectivity index (χ3v) is 4.73. The summed E-state index contributed by atoms with van der Waals surface area (Å²) >= 11 is 0. The zero-order valence-corrected chi connectivity index (χ0v) is 17.2. The van der Waals surface area contributed by atoms with Crippen LogP contribution in [0.5, 0.6) is 0 Å². The fourth-order valence-electron chi connectivity index (χ4n) is 3.03. The molecule has 0 unspecified atom stereocenters. The molecule has 1 heterocycles. The number of allylic oxidation sites excluding steroid dienone is 7. The molecule has 1 saturated heterocycles. The van der Waals surface area contributed by atoms with Gasteiger partial charge in [0, 0.05) is 7.00 Å². The molecule has 2 aliphatic rings. The summed E-state index contributed by atoms with van der Waals surface area (Å²) < 4.78 is 5.08. The van der Waals surface area contributed by atoms with Gasteiger partial charge in [0.15, 0.2) is 11.6 Å². The van der Waals surface area contributed by atoms with Crippen LogP contribution in [0.4, 0.5) is 0 Å². The smallest absolute Gasteiger partial charge is 0.186 e. The lowest BCUT2D eigenvalue weighted by Crippen LogP contribution is -2.06. The number of rotatable bonds is 5. The lowest BCUT2D eigenvalue weighted by atomic mass is 9.90. The van der Waals surface area contributed by atoms with Crippen molar-refractivity contribution < 1.29 is 15.8 Å². The van der Waals surface area contributed by atoms with Gasteiger partial charge in [0.25, 0.3) is 0 Å². The number of hydrogen-bond donors (Lipinski definition) is 0. The third-order valence-electron chi connectivity index (χ3n) is 4.73. The van der Waals surface area contributed by atoms with Gasteiger partial charge in [-0.25, -0.2) is 0 Å². The van der Waals surface area contributed by atoms with Gasteiger partial charge in [0.1, 0.15) is 0 Å². The summed E-state index contributed by atoms with van der Waals surface area (Å²) in [6.07, 6.45) is 11.8. The Kier molecular flexibility index (Phi) is 10.6. The van der Waals surface area contributed by atoms with Gasteiger partial charge < -0.3 is 4.74 Å².